The maximum absolute atomic E-state index is 12.2. The summed E-state index contributed by atoms with van der Waals surface area (Å²) in [5, 5.41) is 12.2. The van der Waals surface area contributed by atoms with Crippen LogP contribution in [0, 0.1) is 23.2 Å². The van der Waals surface area contributed by atoms with Gasteiger partial charge < -0.3 is 5.32 Å². The summed E-state index contributed by atoms with van der Waals surface area (Å²) in [5.41, 5.74) is 0.768. The van der Waals surface area contributed by atoms with E-state index in [0.717, 1.165) is 5.56 Å². The van der Waals surface area contributed by atoms with E-state index in [0.29, 0.717) is 18.4 Å². The van der Waals surface area contributed by atoms with Crippen LogP contribution in [0.1, 0.15) is 44.1 Å². The van der Waals surface area contributed by atoms with Gasteiger partial charge in [0.2, 0.25) is 5.91 Å². The second kappa shape index (κ2) is 7.09. The van der Waals surface area contributed by atoms with Crippen molar-refractivity contribution in [1.82, 2.24) is 5.32 Å². The van der Waals surface area contributed by atoms with Crippen LogP contribution in [0.25, 0.3) is 0 Å². The van der Waals surface area contributed by atoms with Crippen molar-refractivity contribution < 1.29 is 4.79 Å². The van der Waals surface area contributed by atoms with Gasteiger partial charge >= 0.3 is 0 Å². The first-order valence-electron chi connectivity index (χ1n) is 7.44. The molecule has 0 aromatic heterocycles. The Hall–Kier alpha value is -1.82. The lowest BCUT2D eigenvalue weighted by Gasteiger charge is -2.29. The minimum atomic E-state index is -0.699. The Morgan fingerprint density at radius 2 is 2.05 bits per heavy atom. The molecule has 1 fully saturated rings. The number of nitrogens with one attached hydrogen (secondary N) is 1. The lowest BCUT2D eigenvalue weighted by atomic mass is 9.80. The van der Waals surface area contributed by atoms with Gasteiger partial charge in [-0.3, -0.25) is 4.79 Å². The molecule has 1 aromatic carbocycles. The zero-order valence-corrected chi connectivity index (χ0v) is 12.0. The molecular weight excluding hydrogens is 248 g/mol. The van der Waals surface area contributed by atoms with Crippen molar-refractivity contribution in [1.29, 1.82) is 5.26 Å². The molecule has 1 aliphatic carbocycles. The lowest BCUT2D eigenvalue weighted by Crippen LogP contribution is -2.36. The van der Waals surface area contributed by atoms with E-state index in [2.05, 4.69) is 18.3 Å². The first kappa shape index (κ1) is 14.6. The van der Waals surface area contributed by atoms with Gasteiger partial charge in [-0.25, -0.2) is 0 Å². The summed E-state index contributed by atoms with van der Waals surface area (Å²) in [6.45, 7) is 2.96. The third kappa shape index (κ3) is 3.60. The fourth-order valence-corrected chi connectivity index (χ4v) is 2.96. The minimum Gasteiger partial charge on any atom is -0.354 e. The maximum Gasteiger partial charge on any atom is 0.241 e. The quantitative estimate of drug-likeness (QED) is 0.913. The van der Waals surface area contributed by atoms with Crippen molar-refractivity contribution in [2.45, 2.75) is 38.5 Å². The largest absolute Gasteiger partial charge is 0.354 e. The van der Waals surface area contributed by atoms with Crippen LogP contribution in [0.15, 0.2) is 30.3 Å². The molecule has 2 rings (SSSR count). The highest BCUT2D eigenvalue weighted by molar-refractivity contribution is 5.86. The van der Waals surface area contributed by atoms with Crippen molar-refractivity contribution in [3.8, 4) is 6.07 Å². The molecule has 1 amide bonds. The van der Waals surface area contributed by atoms with Gasteiger partial charge in [0.05, 0.1) is 6.07 Å². The molecule has 106 valence electrons. The molecule has 0 heterocycles. The topological polar surface area (TPSA) is 52.9 Å². The molecule has 0 spiro atoms. The smallest absolute Gasteiger partial charge is 0.241 e. The summed E-state index contributed by atoms with van der Waals surface area (Å²) < 4.78 is 0. The highest BCUT2D eigenvalue weighted by Gasteiger charge is 2.24. The van der Waals surface area contributed by atoms with Gasteiger partial charge in [-0.05, 0) is 23.8 Å². The molecule has 3 heteroatoms. The second-order valence-corrected chi connectivity index (χ2v) is 5.74. The predicted molar refractivity (Wildman–Crippen MR) is 78.9 cm³/mol. The molecule has 1 aliphatic rings. The summed E-state index contributed by atoms with van der Waals surface area (Å²) in [5.74, 6) is 0.357. The van der Waals surface area contributed by atoms with Crippen LogP contribution in [-0.2, 0) is 4.79 Å². The average Bonchev–Trinajstić information content (AvgIpc) is 2.48. The molecular formula is C17H22N2O. The van der Waals surface area contributed by atoms with Gasteiger partial charge in [-0.2, -0.15) is 5.26 Å². The summed E-state index contributed by atoms with van der Waals surface area (Å²) in [7, 11) is 0. The second-order valence-electron chi connectivity index (χ2n) is 5.74. The Kier molecular flexibility index (Phi) is 5.17. The van der Waals surface area contributed by atoms with Gasteiger partial charge in [0.1, 0.15) is 5.92 Å². The number of carbonyl (C=O) groups is 1. The van der Waals surface area contributed by atoms with Crippen LogP contribution < -0.4 is 5.32 Å². The zero-order chi connectivity index (χ0) is 14.4. The van der Waals surface area contributed by atoms with Gasteiger partial charge in [-0.1, -0.05) is 56.5 Å². The van der Waals surface area contributed by atoms with E-state index < -0.39 is 5.92 Å². The summed E-state index contributed by atoms with van der Waals surface area (Å²) in [6, 6.07) is 11.4. The third-order valence-corrected chi connectivity index (χ3v) is 4.35. The Morgan fingerprint density at radius 3 is 2.70 bits per heavy atom. The Labute approximate surface area is 121 Å². The molecule has 1 aromatic rings. The van der Waals surface area contributed by atoms with E-state index in [-0.39, 0.29) is 5.91 Å². The van der Waals surface area contributed by atoms with Crippen molar-refractivity contribution >= 4 is 5.91 Å². The first-order chi connectivity index (χ1) is 9.72. The third-order valence-electron chi connectivity index (χ3n) is 4.35. The van der Waals surface area contributed by atoms with Crippen LogP contribution >= 0.6 is 0 Å². The molecule has 0 radical (unpaired) electrons. The van der Waals surface area contributed by atoms with Gasteiger partial charge in [0, 0.05) is 6.54 Å². The average molecular weight is 270 g/mol. The number of nitrogens with zero attached hydrogens (tertiary/aromatic N) is 1. The normalized spacial score (nSPS) is 23.6. The number of hydrogen-bond donors (Lipinski definition) is 1. The Balaban J connectivity index is 1.92. The molecule has 20 heavy (non-hydrogen) atoms. The molecule has 1 saturated carbocycles. The van der Waals surface area contributed by atoms with E-state index in [1.54, 1.807) is 0 Å². The monoisotopic (exact) mass is 270 g/mol. The number of carbonyl (C=O) groups excluding carboxylic acids is 1. The van der Waals surface area contributed by atoms with Crippen molar-refractivity contribution in [2.24, 2.45) is 11.8 Å². The van der Waals surface area contributed by atoms with Gasteiger partial charge in [0.15, 0.2) is 0 Å². The summed E-state index contributed by atoms with van der Waals surface area (Å²) in [6.07, 6.45) is 4.99. The van der Waals surface area contributed by atoms with Crippen molar-refractivity contribution in [2.75, 3.05) is 6.54 Å². The van der Waals surface area contributed by atoms with Crippen molar-refractivity contribution in [3.05, 3.63) is 35.9 Å². The molecule has 0 aliphatic heterocycles. The van der Waals surface area contributed by atoms with Crippen LogP contribution in [0.3, 0.4) is 0 Å². The number of nitriles is 1. The van der Waals surface area contributed by atoms with Gasteiger partial charge in [0.25, 0.3) is 0 Å². The van der Waals surface area contributed by atoms with E-state index in [1.165, 1.54) is 25.7 Å². The maximum atomic E-state index is 12.2. The highest BCUT2D eigenvalue weighted by atomic mass is 16.1. The van der Waals surface area contributed by atoms with E-state index in [1.807, 2.05) is 30.3 Å². The van der Waals surface area contributed by atoms with E-state index >= 15 is 0 Å². The molecule has 3 atom stereocenters. The fraction of sp³-hybridized carbons (Fsp3) is 0.529. The summed E-state index contributed by atoms with van der Waals surface area (Å²) >= 11 is 0. The number of hydrogen-bond acceptors (Lipinski definition) is 2. The number of amides is 1. The molecule has 0 saturated heterocycles. The standard InChI is InChI=1S/C17H22N2O/c1-13-7-5-6-10-15(13)12-19-17(20)16(11-18)14-8-3-2-4-9-14/h2-4,8-9,13,15-16H,5-7,10,12H2,1H3,(H,19,20). The zero-order valence-electron chi connectivity index (χ0n) is 12.0. The predicted octanol–water partition coefficient (Wildman–Crippen LogP) is 3.24. The van der Waals surface area contributed by atoms with Crippen LogP contribution in [0.5, 0.6) is 0 Å². The van der Waals surface area contributed by atoms with Crippen LogP contribution in [-0.4, -0.2) is 12.5 Å². The summed E-state index contributed by atoms with van der Waals surface area (Å²) in [4.78, 5) is 12.2. The van der Waals surface area contributed by atoms with Gasteiger partial charge in [-0.15, -0.1) is 0 Å². The van der Waals surface area contributed by atoms with Crippen LogP contribution in [0.2, 0.25) is 0 Å². The molecule has 0 bridgehead atoms. The Bertz CT molecular complexity index is 478. The van der Waals surface area contributed by atoms with E-state index in [4.69, 9.17) is 0 Å². The fourth-order valence-electron chi connectivity index (χ4n) is 2.96. The van der Waals surface area contributed by atoms with Crippen LogP contribution in [0.4, 0.5) is 0 Å². The Morgan fingerprint density at radius 1 is 1.35 bits per heavy atom. The minimum absolute atomic E-state index is 0.170. The van der Waals surface area contributed by atoms with Crippen molar-refractivity contribution in [3.63, 3.8) is 0 Å². The molecule has 3 unspecified atom stereocenters. The SMILES string of the molecule is CC1CCCCC1CNC(=O)C(C#N)c1ccccc1. The number of benzene rings is 1. The molecule has 3 nitrogen and oxygen atoms in total. The highest BCUT2D eigenvalue weighted by Crippen LogP contribution is 2.29. The lowest BCUT2D eigenvalue weighted by molar-refractivity contribution is -0.121. The van der Waals surface area contributed by atoms with E-state index in [9.17, 15) is 10.1 Å². The first-order valence-corrected chi connectivity index (χ1v) is 7.44. The molecule has 1 N–H and O–H groups in total. The number of rotatable bonds is 4.